The Labute approximate surface area is 94.9 Å². The first-order chi connectivity index (χ1) is 7.29. The van der Waals surface area contributed by atoms with E-state index in [1.165, 1.54) is 0 Å². The van der Waals surface area contributed by atoms with Crippen molar-refractivity contribution in [1.82, 2.24) is 14.9 Å². The largest absolute Gasteiger partial charge is 0.338 e. The van der Waals surface area contributed by atoms with E-state index < -0.39 is 0 Å². The fraction of sp³-hybridized carbons (Fsp3) is 0.600. The lowest BCUT2D eigenvalue weighted by Gasteiger charge is -2.32. The molecule has 0 aromatic carbocycles. The summed E-state index contributed by atoms with van der Waals surface area (Å²) >= 11 is 5.68. The molecule has 1 aliphatic rings. The minimum atomic E-state index is 0.475. The molecule has 82 valence electrons. The molecule has 0 atom stereocenters. The summed E-state index contributed by atoms with van der Waals surface area (Å²) in [5.41, 5.74) is 0.967. The Morgan fingerprint density at radius 3 is 2.33 bits per heavy atom. The molecule has 0 radical (unpaired) electrons. The Hall–Kier alpha value is -0.870. The third-order valence-electron chi connectivity index (χ3n) is 2.63. The molecule has 0 N–H and O–H groups in total. The average Bonchev–Trinajstić information content (AvgIpc) is 2.30. The van der Waals surface area contributed by atoms with Gasteiger partial charge in [0.25, 0.3) is 0 Å². The first-order valence-corrected chi connectivity index (χ1v) is 5.63. The molecule has 0 unspecified atom stereocenters. The SMILES string of the molecule is CN1CCN(c2ncc(CCl)cn2)CC1. The van der Waals surface area contributed by atoms with Crippen LogP contribution in [0.5, 0.6) is 0 Å². The Balaban J connectivity index is 2.03. The quantitative estimate of drug-likeness (QED) is 0.704. The zero-order chi connectivity index (χ0) is 10.7. The standard InChI is InChI=1S/C10H15ClN4/c1-14-2-4-15(5-3-14)10-12-7-9(6-11)8-13-10/h7-8H,2-6H2,1H3. The highest BCUT2D eigenvalue weighted by atomic mass is 35.5. The molecule has 0 amide bonds. The monoisotopic (exact) mass is 226 g/mol. The number of hydrogen-bond acceptors (Lipinski definition) is 4. The molecule has 1 aromatic rings. The topological polar surface area (TPSA) is 32.3 Å². The van der Waals surface area contributed by atoms with Crippen molar-refractivity contribution in [3.63, 3.8) is 0 Å². The van der Waals surface area contributed by atoms with E-state index in [9.17, 15) is 0 Å². The molecule has 2 rings (SSSR count). The Bertz CT molecular complexity index is 306. The van der Waals surface area contributed by atoms with E-state index in [1.54, 1.807) is 12.4 Å². The zero-order valence-electron chi connectivity index (χ0n) is 8.86. The number of rotatable bonds is 2. The minimum absolute atomic E-state index is 0.475. The summed E-state index contributed by atoms with van der Waals surface area (Å²) in [7, 11) is 2.13. The van der Waals surface area contributed by atoms with Crippen LogP contribution >= 0.6 is 11.6 Å². The zero-order valence-corrected chi connectivity index (χ0v) is 9.61. The number of likely N-dealkylation sites (N-methyl/N-ethyl adjacent to an activating group) is 1. The van der Waals surface area contributed by atoms with Crippen LogP contribution in [0, 0.1) is 0 Å². The van der Waals surface area contributed by atoms with Gasteiger partial charge >= 0.3 is 0 Å². The minimum Gasteiger partial charge on any atom is -0.338 e. The normalized spacial score (nSPS) is 18.1. The lowest BCUT2D eigenvalue weighted by atomic mass is 10.3. The van der Waals surface area contributed by atoms with Gasteiger partial charge in [0.2, 0.25) is 5.95 Å². The van der Waals surface area contributed by atoms with E-state index in [1.807, 2.05) is 0 Å². The smallest absolute Gasteiger partial charge is 0.225 e. The van der Waals surface area contributed by atoms with Crippen molar-refractivity contribution >= 4 is 17.5 Å². The number of alkyl halides is 1. The molecule has 5 heteroatoms. The van der Waals surface area contributed by atoms with Gasteiger partial charge in [0, 0.05) is 44.1 Å². The van der Waals surface area contributed by atoms with E-state index in [0.717, 1.165) is 37.7 Å². The molecule has 2 heterocycles. The van der Waals surface area contributed by atoms with Gasteiger partial charge in [-0.05, 0) is 7.05 Å². The van der Waals surface area contributed by atoms with E-state index in [0.29, 0.717) is 5.88 Å². The van der Waals surface area contributed by atoms with Crippen LogP contribution in [0.2, 0.25) is 0 Å². The van der Waals surface area contributed by atoms with Crippen molar-refractivity contribution in [3.05, 3.63) is 18.0 Å². The lowest BCUT2D eigenvalue weighted by molar-refractivity contribution is 0.311. The molecule has 1 aliphatic heterocycles. The van der Waals surface area contributed by atoms with Gasteiger partial charge in [0.05, 0.1) is 5.88 Å². The Kier molecular flexibility index (Phi) is 3.38. The molecule has 1 saturated heterocycles. The van der Waals surface area contributed by atoms with Crippen molar-refractivity contribution in [3.8, 4) is 0 Å². The van der Waals surface area contributed by atoms with Crippen molar-refractivity contribution in [2.45, 2.75) is 5.88 Å². The van der Waals surface area contributed by atoms with Gasteiger partial charge < -0.3 is 9.80 Å². The van der Waals surface area contributed by atoms with Crippen LogP contribution in [0.4, 0.5) is 5.95 Å². The molecule has 0 spiro atoms. The van der Waals surface area contributed by atoms with Crippen LogP contribution in [0.1, 0.15) is 5.56 Å². The number of nitrogens with zero attached hydrogens (tertiary/aromatic N) is 4. The molecule has 1 aromatic heterocycles. The molecule has 0 bridgehead atoms. The maximum Gasteiger partial charge on any atom is 0.225 e. The number of anilines is 1. The Morgan fingerprint density at radius 2 is 1.80 bits per heavy atom. The molecule has 1 fully saturated rings. The van der Waals surface area contributed by atoms with E-state index >= 15 is 0 Å². The predicted octanol–water partition coefficient (Wildman–Crippen LogP) is 0.967. The van der Waals surface area contributed by atoms with Crippen molar-refractivity contribution in [2.24, 2.45) is 0 Å². The van der Waals surface area contributed by atoms with Gasteiger partial charge in [-0.1, -0.05) is 0 Å². The van der Waals surface area contributed by atoms with Gasteiger partial charge in [-0.2, -0.15) is 0 Å². The second-order valence-corrected chi connectivity index (χ2v) is 4.08. The van der Waals surface area contributed by atoms with Crippen LogP contribution in [0.25, 0.3) is 0 Å². The highest BCUT2D eigenvalue weighted by Crippen LogP contribution is 2.10. The maximum absolute atomic E-state index is 5.68. The number of hydrogen-bond donors (Lipinski definition) is 0. The number of halogens is 1. The summed E-state index contributed by atoms with van der Waals surface area (Å²) in [6.07, 6.45) is 3.60. The van der Waals surface area contributed by atoms with Gasteiger partial charge in [-0.15, -0.1) is 11.6 Å². The molecular weight excluding hydrogens is 212 g/mol. The number of aromatic nitrogens is 2. The van der Waals surface area contributed by atoms with Crippen molar-refractivity contribution in [2.75, 3.05) is 38.1 Å². The molecule has 0 saturated carbocycles. The summed E-state index contributed by atoms with van der Waals surface area (Å²) in [4.78, 5) is 13.1. The number of piperazine rings is 1. The summed E-state index contributed by atoms with van der Waals surface area (Å²) in [5.74, 6) is 1.29. The van der Waals surface area contributed by atoms with Gasteiger partial charge in [-0.3, -0.25) is 0 Å². The van der Waals surface area contributed by atoms with Crippen LogP contribution in [-0.4, -0.2) is 48.1 Å². The van der Waals surface area contributed by atoms with Crippen molar-refractivity contribution in [1.29, 1.82) is 0 Å². The molecule has 4 nitrogen and oxygen atoms in total. The summed E-state index contributed by atoms with van der Waals surface area (Å²) in [6.45, 7) is 4.13. The van der Waals surface area contributed by atoms with Gasteiger partial charge in [0.15, 0.2) is 0 Å². The van der Waals surface area contributed by atoms with E-state index in [4.69, 9.17) is 11.6 Å². The Morgan fingerprint density at radius 1 is 1.20 bits per heavy atom. The van der Waals surface area contributed by atoms with Crippen molar-refractivity contribution < 1.29 is 0 Å². The summed E-state index contributed by atoms with van der Waals surface area (Å²) in [6, 6.07) is 0. The molecular formula is C10H15ClN4. The highest BCUT2D eigenvalue weighted by Gasteiger charge is 2.15. The summed E-state index contributed by atoms with van der Waals surface area (Å²) < 4.78 is 0. The van der Waals surface area contributed by atoms with Crippen LogP contribution in [0.3, 0.4) is 0 Å². The highest BCUT2D eigenvalue weighted by molar-refractivity contribution is 6.17. The van der Waals surface area contributed by atoms with Gasteiger partial charge in [-0.25, -0.2) is 9.97 Å². The first kappa shape index (κ1) is 10.6. The maximum atomic E-state index is 5.68. The van der Waals surface area contributed by atoms with Crippen LogP contribution < -0.4 is 4.90 Å². The molecule has 0 aliphatic carbocycles. The molecule has 15 heavy (non-hydrogen) atoms. The second kappa shape index (κ2) is 4.77. The fourth-order valence-corrected chi connectivity index (χ4v) is 1.72. The third kappa shape index (κ3) is 2.58. The van der Waals surface area contributed by atoms with Crippen LogP contribution in [0.15, 0.2) is 12.4 Å². The fourth-order valence-electron chi connectivity index (χ4n) is 1.59. The predicted molar refractivity (Wildman–Crippen MR) is 61.3 cm³/mol. The third-order valence-corrected chi connectivity index (χ3v) is 2.94. The average molecular weight is 227 g/mol. The van der Waals surface area contributed by atoms with Crippen LogP contribution in [-0.2, 0) is 5.88 Å². The van der Waals surface area contributed by atoms with E-state index in [-0.39, 0.29) is 0 Å². The second-order valence-electron chi connectivity index (χ2n) is 3.82. The summed E-state index contributed by atoms with van der Waals surface area (Å²) in [5, 5.41) is 0. The first-order valence-electron chi connectivity index (χ1n) is 5.10. The van der Waals surface area contributed by atoms with Gasteiger partial charge in [0.1, 0.15) is 0 Å². The van der Waals surface area contributed by atoms with E-state index in [2.05, 4.69) is 26.8 Å². The lowest BCUT2D eigenvalue weighted by Crippen LogP contribution is -2.45.